The molecule has 1 aromatic heterocycles. The van der Waals surface area contributed by atoms with Crippen molar-refractivity contribution < 1.29 is 14.3 Å². The summed E-state index contributed by atoms with van der Waals surface area (Å²) in [4.78, 5) is 12.4. The molecule has 1 amide bonds. The molecule has 1 heterocycles. The molecule has 0 saturated carbocycles. The maximum absolute atomic E-state index is 12.4. The number of ether oxygens (including phenoxy) is 2. The van der Waals surface area contributed by atoms with Crippen molar-refractivity contribution in [2.45, 2.75) is 33.4 Å². The lowest BCUT2D eigenvalue weighted by atomic mass is 10.1. The quantitative estimate of drug-likeness (QED) is 0.386. The minimum atomic E-state index is -0.124. The number of nitrogens with zero attached hydrogens (tertiary/aromatic N) is 3. The molecule has 1 N–H and O–H groups in total. The summed E-state index contributed by atoms with van der Waals surface area (Å²) in [5.74, 6) is 1.40. The van der Waals surface area contributed by atoms with Crippen molar-refractivity contribution in [3.05, 3.63) is 82.9 Å². The highest BCUT2D eigenvalue weighted by Gasteiger charge is 2.08. The molecule has 0 fully saturated rings. The number of methoxy groups -OCH3 is 1. The Labute approximate surface area is 193 Å². The van der Waals surface area contributed by atoms with Crippen LogP contribution in [0.25, 0.3) is 11.0 Å². The fourth-order valence-electron chi connectivity index (χ4n) is 3.52. The van der Waals surface area contributed by atoms with Gasteiger partial charge in [0.25, 0.3) is 5.91 Å². The Balaban J connectivity index is 1.24. The van der Waals surface area contributed by atoms with Gasteiger partial charge in [-0.3, -0.25) is 4.79 Å². The lowest BCUT2D eigenvalue weighted by molar-refractivity contribution is 0.0951. The second-order valence-corrected chi connectivity index (χ2v) is 7.99. The Kier molecular flexibility index (Phi) is 6.88. The van der Waals surface area contributed by atoms with Crippen LogP contribution in [0.1, 0.15) is 33.5 Å². The molecule has 0 aliphatic heterocycles. The SMILES string of the molecule is COc1ccc(CNC(=O)c2ccc(OCCCn3nnc4cc(C)c(C)cc43)cc2)cc1. The zero-order valence-electron chi connectivity index (χ0n) is 19.2. The molecular weight excluding hydrogens is 416 g/mol. The van der Waals surface area contributed by atoms with Crippen molar-refractivity contribution in [3.8, 4) is 11.5 Å². The molecule has 33 heavy (non-hydrogen) atoms. The van der Waals surface area contributed by atoms with E-state index in [4.69, 9.17) is 9.47 Å². The van der Waals surface area contributed by atoms with Gasteiger partial charge in [-0.25, -0.2) is 4.68 Å². The number of rotatable bonds is 9. The third kappa shape index (κ3) is 5.49. The predicted molar refractivity (Wildman–Crippen MR) is 128 cm³/mol. The monoisotopic (exact) mass is 444 g/mol. The van der Waals surface area contributed by atoms with Crippen molar-refractivity contribution in [3.63, 3.8) is 0 Å². The molecule has 0 unspecified atom stereocenters. The predicted octanol–water partition coefficient (Wildman–Crippen LogP) is 4.46. The maximum Gasteiger partial charge on any atom is 0.251 e. The lowest BCUT2D eigenvalue weighted by Crippen LogP contribution is -2.22. The zero-order chi connectivity index (χ0) is 23.2. The van der Waals surface area contributed by atoms with Gasteiger partial charge in [0.2, 0.25) is 0 Å². The van der Waals surface area contributed by atoms with Gasteiger partial charge in [-0.15, -0.1) is 5.10 Å². The number of carbonyl (C=O) groups is 1. The Bertz CT molecular complexity index is 1230. The van der Waals surface area contributed by atoms with Gasteiger partial charge in [0.1, 0.15) is 17.0 Å². The van der Waals surface area contributed by atoms with Gasteiger partial charge in [-0.2, -0.15) is 0 Å². The molecule has 3 aromatic carbocycles. The van der Waals surface area contributed by atoms with Gasteiger partial charge in [0.05, 0.1) is 19.2 Å². The number of benzene rings is 3. The summed E-state index contributed by atoms with van der Waals surface area (Å²) >= 11 is 0. The fourth-order valence-corrected chi connectivity index (χ4v) is 3.52. The Hall–Kier alpha value is -3.87. The smallest absolute Gasteiger partial charge is 0.251 e. The second kappa shape index (κ2) is 10.2. The summed E-state index contributed by atoms with van der Waals surface area (Å²) in [6.07, 6.45) is 0.801. The summed E-state index contributed by atoms with van der Waals surface area (Å²) < 4.78 is 12.9. The Morgan fingerprint density at radius 1 is 0.970 bits per heavy atom. The van der Waals surface area contributed by atoms with Crippen LogP contribution >= 0.6 is 0 Å². The van der Waals surface area contributed by atoms with E-state index >= 15 is 0 Å². The average Bonchev–Trinajstić information content (AvgIpc) is 3.22. The first-order valence-corrected chi connectivity index (χ1v) is 11.0. The normalized spacial score (nSPS) is 10.9. The first-order chi connectivity index (χ1) is 16.0. The fraction of sp³-hybridized carbons (Fsp3) is 0.269. The van der Waals surface area contributed by atoms with Crippen molar-refractivity contribution >= 4 is 16.9 Å². The maximum atomic E-state index is 12.4. The highest BCUT2D eigenvalue weighted by atomic mass is 16.5. The summed E-state index contributed by atoms with van der Waals surface area (Å²) in [5, 5.41) is 11.4. The van der Waals surface area contributed by atoms with Gasteiger partial charge < -0.3 is 14.8 Å². The minimum absolute atomic E-state index is 0.124. The molecule has 170 valence electrons. The van der Waals surface area contributed by atoms with Gasteiger partial charge >= 0.3 is 0 Å². The number of nitrogens with one attached hydrogen (secondary N) is 1. The molecule has 4 aromatic rings. The van der Waals surface area contributed by atoms with E-state index in [-0.39, 0.29) is 5.91 Å². The van der Waals surface area contributed by atoms with Crippen LogP contribution in [0.5, 0.6) is 11.5 Å². The molecule has 0 aliphatic carbocycles. The van der Waals surface area contributed by atoms with Crippen LogP contribution in [-0.4, -0.2) is 34.6 Å². The van der Waals surface area contributed by atoms with Gasteiger partial charge in [0, 0.05) is 25.1 Å². The average molecular weight is 445 g/mol. The second-order valence-electron chi connectivity index (χ2n) is 7.99. The molecule has 0 bridgehead atoms. The highest BCUT2D eigenvalue weighted by Crippen LogP contribution is 2.18. The molecule has 0 atom stereocenters. The van der Waals surface area contributed by atoms with E-state index in [1.807, 2.05) is 41.1 Å². The number of aryl methyl sites for hydroxylation is 3. The van der Waals surface area contributed by atoms with E-state index in [9.17, 15) is 4.79 Å². The van der Waals surface area contributed by atoms with E-state index in [0.29, 0.717) is 18.7 Å². The van der Waals surface area contributed by atoms with Crippen LogP contribution in [0, 0.1) is 13.8 Å². The van der Waals surface area contributed by atoms with E-state index in [1.165, 1.54) is 11.1 Å². The van der Waals surface area contributed by atoms with Crippen LogP contribution in [0.4, 0.5) is 0 Å². The number of hydrogen-bond acceptors (Lipinski definition) is 5. The molecule has 0 saturated heterocycles. The number of hydrogen-bond donors (Lipinski definition) is 1. The summed E-state index contributed by atoms with van der Waals surface area (Å²) in [5.41, 5.74) is 6.01. The minimum Gasteiger partial charge on any atom is -0.497 e. The topological polar surface area (TPSA) is 78.3 Å². The van der Waals surface area contributed by atoms with E-state index < -0.39 is 0 Å². The molecule has 4 rings (SSSR count). The molecule has 7 heteroatoms. The molecule has 0 spiro atoms. The summed E-state index contributed by atoms with van der Waals surface area (Å²) in [7, 11) is 1.63. The zero-order valence-corrected chi connectivity index (χ0v) is 19.2. The van der Waals surface area contributed by atoms with Crippen molar-refractivity contribution in [2.24, 2.45) is 0 Å². The van der Waals surface area contributed by atoms with E-state index in [0.717, 1.165) is 41.1 Å². The Morgan fingerprint density at radius 3 is 2.39 bits per heavy atom. The molecule has 0 radical (unpaired) electrons. The standard InChI is InChI=1S/C26H28N4O3/c1-18-15-24-25(16-19(18)2)30(29-28-24)13-4-14-33-23-11-7-21(8-12-23)26(31)27-17-20-5-9-22(32-3)10-6-20/h5-12,15-16H,4,13-14,17H2,1-3H3,(H,27,31). The molecular formula is C26H28N4O3. The number of aromatic nitrogens is 3. The number of fused-ring (bicyclic) bond motifs is 1. The van der Waals surface area contributed by atoms with Gasteiger partial charge in [-0.1, -0.05) is 17.3 Å². The Morgan fingerprint density at radius 2 is 1.67 bits per heavy atom. The number of amides is 1. The molecule has 7 nitrogen and oxygen atoms in total. The van der Waals surface area contributed by atoms with E-state index in [1.54, 1.807) is 19.2 Å². The van der Waals surface area contributed by atoms with Gasteiger partial charge in [-0.05, 0) is 79.1 Å². The van der Waals surface area contributed by atoms with Gasteiger partial charge in [0.15, 0.2) is 0 Å². The highest BCUT2D eigenvalue weighted by molar-refractivity contribution is 5.94. The van der Waals surface area contributed by atoms with Crippen molar-refractivity contribution in [2.75, 3.05) is 13.7 Å². The van der Waals surface area contributed by atoms with Crippen LogP contribution in [0.2, 0.25) is 0 Å². The first kappa shape index (κ1) is 22.3. The molecule has 0 aliphatic rings. The van der Waals surface area contributed by atoms with Crippen LogP contribution in [-0.2, 0) is 13.1 Å². The first-order valence-electron chi connectivity index (χ1n) is 11.0. The number of carbonyl (C=O) groups excluding carboxylic acids is 1. The largest absolute Gasteiger partial charge is 0.497 e. The van der Waals surface area contributed by atoms with Crippen LogP contribution in [0.15, 0.2) is 60.7 Å². The summed E-state index contributed by atoms with van der Waals surface area (Å²) in [6.45, 7) is 5.91. The lowest BCUT2D eigenvalue weighted by Gasteiger charge is -2.09. The van der Waals surface area contributed by atoms with E-state index in [2.05, 4.69) is 41.6 Å². The third-order valence-corrected chi connectivity index (χ3v) is 5.64. The van der Waals surface area contributed by atoms with Crippen molar-refractivity contribution in [1.82, 2.24) is 20.3 Å². The van der Waals surface area contributed by atoms with Crippen molar-refractivity contribution in [1.29, 1.82) is 0 Å². The third-order valence-electron chi connectivity index (χ3n) is 5.64. The summed E-state index contributed by atoms with van der Waals surface area (Å²) in [6, 6.07) is 19.0. The van der Waals surface area contributed by atoms with Crippen LogP contribution < -0.4 is 14.8 Å². The van der Waals surface area contributed by atoms with Crippen LogP contribution in [0.3, 0.4) is 0 Å².